The molecular formula is C10H17N3OS. The van der Waals surface area contributed by atoms with E-state index in [0.29, 0.717) is 16.0 Å². The standard InChI is InChI=1S/C10H17N3OS/c1-2-3-10(4-5-10)7-13-8(6-14)11-12-9(13)15/h14H,2-7H2,1H3,(H,12,15). The van der Waals surface area contributed by atoms with Crippen LogP contribution in [-0.4, -0.2) is 19.9 Å². The zero-order valence-corrected chi connectivity index (χ0v) is 9.81. The Morgan fingerprint density at radius 2 is 2.33 bits per heavy atom. The summed E-state index contributed by atoms with van der Waals surface area (Å²) in [6.45, 7) is 3.07. The second-order valence-electron chi connectivity index (χ2n) is 4.44. The number of aliphatic hydroxyl groups excluding tert-OH is 1. The van der Waals surface area contributed by atoms with Crippen molar-refractivity contribution < 1.29 is 5.11 Å². The summed E-state index contributed by atoms with van der Waals surface area (Å²) in [5.41, 5.74) is 0.431. The van der Waals surface area contributed by atoms with E-state index < -0.39 is 0 Å². The highest BCUT2D eigenvalue weighted by Crippen LogP contribution is 2.51. The Morgan fingerprint density at radius 3 is 2.87 bits per heavy atom. The van der Waals surface area contributed by atoms with E-state index in [2.05, 4.69) is 17.1 Å². The Hall–Kier alpha value is -0.680. The third kappa shape index (κ3) is 2.13. The molecule has 1 aromatic rings. The van der Waals surface area contributed by atoms with Gasteiger partial charge in [0.05, 0.1) is 0 Å². The van der Waals surface area contributed by atoms with Crippen molar-refractivity contribution in [3.8, 4) is 0 Å². The zero-order chi connectivity index (χ0) is 10.9. The smallest absolute Gasteiger partial charge is 0.195 e. The lowest BCUT2D eigenvalue weighted by Crippen LogP contribution is -2.14. The second kappa shape index (κ2) is 4.06. The Morgan fingerprint density at radius 1 is 1.60 bits per heavy atom. The molecule has 1 heterocycles. The number of aromatic nitrogens is 3. The van der Waals surface area contributed by atoms with Crippen LogP contribution in [-0.2, 0) is 13.2 Å². The Balaban J connectivity index is 2.16. The van der Waals surface area contributed by atoms with Gasteiger partial charge in [0.1, 0.15) is 6.61 Å². The van der Waals surface area contributed by atoms with Gasteiger partial charge in [-0.15, -0.1) is 0 Å². The van der Waals surface area contributed by atoms with Gasteiger partial charge in [-0.25, -0.2) is 0 Å². The van der Waals surface area contributed by atoms with Crippen molar-refractivity contribution in [1.29, 1.82) is 0 Å². The number of hydrogen-bond donors (Lipinski definition) is 2. The normalized spacial score (nSPS) is 18.0. The van der Waals surface area contributed by atoms with E-state index in [1.54, 1.807) is 0 Å². The summed E-state index contributed by atoms with van der Waals surface area (Å²) >= 11 is 5.15. The number of aliphatic hydroxyl groups is 1. The molecule has 4 nitrogen and oxygen atoms in total. The predicted octanol–water partition coefficient (Wildman–Crippen LogP) is 2.01. The average Bonchev–Trinajstić information content (AvgIpc) is 2.89. The van der Waals surface area contributed by atoms with Crippen molar-refractivity contribution >= 4 is 12.2 Å². The van der Waals surface area contributed by atoms with Crippen LogP contribution in [0.1, 0.15) is 38.4 Å². The number of hydrogen-bond acceptors (Lipinski definition) is 3. The molecule has 84 valence electrons. The molecule has 1 aliphatic rings. The number of aromatic amines is 1. The Bertz CT molecular complexity index is 392. The molecule has 0 spiro atoms. The van der Waals surface area contributed by atoms with Crippen molar-refractivity contribution in [2.45, 2.75) is 45.8 Å². The molecule has 0 atom stereocenters. The molecule has 0 bridgehead atoms. The summed E-state index contributed by atoms with van der Waals surface area (Å²) < 4.78 is 2.57. The first-order valence-electron chi connectivity index (χ1n) is 5.46. The molecule has 0 aliphatic heterocycles. The Kier molecular flexibility index (Phi) is 2.93. The summed E-state index contributed by atoms with van der Waals surface area (Å²) in [6.07, 6.45) is 5.00. The molecule has 0 amide bonds. The third-order valence-electron chi connectivity index (χ3n) is 3.21. The van der Waals surface area contributed by atoms with Gasteiger partial charge in [-0.3, -0.25) is 5.10 Å². The fourth-order valence-corrected chi connectivity index (χ4v) is 2.38. The van der Waals surface area contributed by atoms with E-state index in [0.717, 1.165) is 6.54 Å². The summed E-state index contributed by atoms with van der Waals surface area (Å²) in [6, 6.07) is 0. The van der Waals surface area contributed by atoms with Crippen molar-refractivity contribution in [3.63, 3.8) is 0 Å². The predicted molar refractivity (Wildman–Crippen MR) is 59.9 cm³/mol. The second-order valence-corrected chi connectivity index (χ2v) is 4.83. The highest BCUT2D eigenvalue weighted by molar-refractivity contribution is 7.71. The molecule has 1 fully saturated rings. The molecule has 5 heteroatoms. The highest BCUT2D eigenvalue weighted by atomic mass is 32.1. The Labute approximate surface area is 94.3 Å². The van der Waals surface area contributed by atoms with E-state index in [4.69, 9.17) is 17.3 Å². The largest absolute Gasteiger partial charge is 0.388 e. The fraction of sp³-hybridized carbons (Fsp3) is 0.800. The van der Waals surface area contributed by atoms with E-state index in [1.807, 2.05) is 4.57 Å². The lowest BCUT2D eigenvalue weighted by atomic mass is 10.0. The third-order valence-corrected chi connectivity index (χ3v) is 3.52. The maximum absolute atomic E-state index is 9.13. The minimum atomic E-state index is -0.0463. The first-order chi connectivity index (χ1) is 7.21. The van der Waals surface area contributed by atoms with Crippen LogP contribution < -0.4 is 0 Å². The lowest BCUT2D eigenvalue weighted by Gasteiger charge is -2.15. The molecule has 15 heavy (non-hydrogen) atoms. The van der Waals surface area contributed by atoms with Crippen molar-refractivity contribution in [2.75, 3.05) is 0 Å². The van der Waals surface area contributed by atoms with Crippen molar-refractivity contribution in [3.05, 3.63) is 10.6 Å². The molecule has 0 aromatic carbocycles. The van der Waals surface area contributed by atoms with Gasteiger partial charge in [-0.2, -0.15) is 5.10 Å². The summed E-state index contributed by atoms with van der Waals surface area (Å²) in [5.74, 6) is 0.655. The first-order valence-corrected chi connectivity index (χ1v) is 5.86. The quantitative estimate of drug-likeness (QED) is 0.757. The molecule has 0 unspecified atom stereocenters. The minimum Gasteiger partial charge on any atom is -0.388 e. The monoisotopic (exact) mass is 227 g/mol. The van der Waals surface area contributed by atoms with Gasteiger partial charge in [-0.1, -0.05) is 13.3 Å². The molecule has 2 rings (SSSR count). The van der Waals surface area contributed by atoms with Gasteiger partial charge >= 0.3 is 0 Å². The van der Waals surface area contributed by atoms with Crippen LogP contribution in [0.3, 0.4) is 0 Å². The van der Waals surface area contributed by atoms with Gasteiger partial charge in [0.2, 0.25) is 0 Å². The molecule has 1 aromatic heterocycles. The number of rotatable bonds is 5. The summed E-state index contributed by atoms with van der Waals surface area (Å²) in [5, 5.41) is 15.9. The zero-order valence-electron chi connectivity index (χ0n) is 8.99. The van der Waals surface area contributed by atoms with Gasteiger partial charge < -0.3 is 9.67 Å². The fourth-order valence-electron chi connectivity index (χ4n) is 2.16. The topological polar surface area (TPSA) is 53.8 Å². The average molecular weight is 227 g/mol. The van der Waals surface area contributed by atoms with Crippen LogP contribution >= 0.6 is 12.2 Å². The van der Waals surface area contributed by atoms with Crippen LogP contribution in [0.15, 0.2) is 0 Å². The number of H-pyrrole nitrogens is 1. The van der Waals surface area contributed by atoms with Crippen LogP contribution in [0.25, 0.3) is 0 Å². The van der Waals surface area contributed by atoms with Crippen molar-refractivity contribution in [1.82, 2.24) is 14.8 Å². The van der Waals surface area contributed by atoms with E-state index in [-0.39, 0.29) is 6.61 Å². The van der Waals surface area contributed by atoms with Gasteiger partial charge in [0, 0.05) is 6.54 Å². The lowest BCUT2D eigenvalue weighted by molar-refractivity contribution is 0.257. The SMILES string of the molecule is CCCC1(Cn2c(CO)n[nH]c2=S)CC1. The summed E-state index contributed by atoms with van der Waals surface area (Å²) in [7, 11) is 0. The van der Waals surface area contributed by atoms with Gasteiger partial charge in [0.15, 0.2) is 10.6 Å². The van der Waals surface area contributed by atoms with Crippen LogP contribution in [0, 0.1) is 10.2 Å². The van der Waals surface area contributed by atoms with Crippen LogP contribution in [0.5, 0.6) is 0 Å². The first kappa shape index (κ1) is 10.8. The molecular weight excluding hydrogens is 210 g/mol. The highest BCUT2D eigenvalue weighted by Gasteiger charge is 2.42. The summed E-state index contributed by atoms with van der Waals surface area (Å²) in [4.78, 5) is 0. The molecule has 0 radical (unpaired) electrons. The minimum absolute atomic E-state index is 0.0463. The van der Waals surface area contributed by atoms with Crippen LogP contribution in [0.2, 0.25) is 0 Å². The number of nitrogens with one attached hydrogen (secondary N) is 1. The molecule has 0 saturated heterocycles. The molecule has 1 aliphatic carbocycles. The van der Waals surface area contributed by atoms with Crippen molar-refractivity contribution in [2.24, 2.45) is 5.41 Å². The maximum Gasteiger partial charge on any atom is 0.195 e. The molecule has 2 N–H and O–H groups in total. The van der Waals surface area contributed by atoms with Crippen LogP contribution in [0.4, 0.5) is 0 Å². The van der Waals surface area contributed by atoms with Gasteiger partial charge in [-0.05, 0) is 36.9 Å². The van der Waals surface area contributed by atoms with E-state index in [1.165, 1.54) is 25.7 Å². The molecule has 1 saturated carbocycles. The number of nitrogens with zero attached hydrogens (tertiary/aromatic N) is 2. The van der Waals surface area contributed by atoms with E-state index in [9.17, 15) is 0 Å². The maximum atomic E-state index is 9.13. The van der Waals surface area contributed by atoms with Gasteiger partial charge in [0.25, 0.3) is 0 Å². The van der Waals surface area contributed by atoms with E-state index >= 15 is 0 Å².